The Morgan fingerprint density at radius 2 is 2.17 bits per heavy atom. The summed E-state index contributed by atoms with van der Waals surface area (Å²) in [7, 11) is 1.68. The van der Waals surface area contributed by atoms with Crippen molar-refractivity contribution in [1.82, 2.24) is 9.88 Å². The Bertz CT molecular complexity index is 445. The van der Waals surface area contributed by atoms with Crippen LogP contribution in [0.1, 0.15) is 24.2 Å². The molecule has 1 fully saturated rings. The summed E-state index contributed by atoms with van der Waals surface area (Å²) in [5.74, 6) is 1.10. The smallest absolute Gasteiger partial charge is 0.122 e. The monoisotopic (exact) mass is 245 g/mol. The molecule has 2 rings (SSSR count). The van der Waals surface area contributed by atoms with E-state index in [1.54, 1.807) is 7.11 Å². The van der Waals surface area contributed by atoms with Crippen molar-refractivity contribution in [3.63, 3.8) is 0 Å². The van der Waals surface area contributed by atoms with Crippen LogP contribution in [0.2, 0.25) is 0 Å². The molecule has 0 N–H and O–H groups in total. The van der Waals surface area contributed by atoms with Gasteiger partial charge in [0.05, 0.1) is 18.9 Å². The van der Waals surface area contributed by atoms with Gasteiger partial charge in [-0.2, -0.15) is 5.26 Å². The summed E-state index contributed by atoms with van der Waals surface area (Å²) in [4.78, 5) is 6.88. The maximum atomic E-state index is 8.87. The standard InChI is InChI=1S/C14H19N3O/c1-11-7-14(18-2)8-13(16-11)10-17-5-3-12(9-15)4-6-17/h7-8,12H,3-6,10H2,1-2H3. The van der Waals surface area contributed by atoms with Gasteiger partial charge in [-0.15, -0.1) is 0 Å². The van der Waals surface area contributed by atoms with Gasteiger partial charge in [0, 0.05) is 30.3 Å². The molecule has 1 aliphatic heterocycles. The average molecular weight is 245 g/mol. The van der Waals surface area contributed by atoms with Crippen molar-refractivity contribution in [2.75, 3.05) is 20.2 Å². The molecule has 1 aromatic heterocycles. The van der Waals surface area contributed by atoms with E-state index in [0.29, 0.717) is 0 Å². The second-order valence-electron chi connectivity index (χ2n) is 4.82. The highest BCUT2D eigenvalue weighted by Gasteiger charge is 2.19. The van der Waals surface area contributed by atoms with Crippen molar-refractivity contribution in [1.29, 1.82) is 5.26 Å². The summed E-state index contributed by atoms with van der Waals surface area (Å²) in [6, 6.07) is 6.28. The number of hydrogen-bond donors (Lipinski definition) is 0. The Labute approximate surface area is 108 Å². The second-order valence-corrected chi connectivity index (χ2v) is 4.82. The fourth-order valence-corrected chi connectivity index (χ4v) is 2.35. The molecule has 96 valence electrons. The van der Waals surface area contributed by atoms with Crippen LogP contribution in [0, 0.1) is 24.2 Å². The van der Waals surface area contributed by atoms with Gasteiger partial charge in [-0.3, -0.25) is 9.88 Å². The highest BCUT2D eigenvalue weighted by molar-refractivity contribution is 5.26. The lowest BCUT2D eigenvalue weighted by molar-refractivity contribution is 0.196. The first-order chi connectivity index (χ1) is 8.71. The SMILES string of the molecule is COc1cc(C)nc(CN2CCC(C#N)CC2)c1. The zero-order valence-corrected chi connectivity index (χ0v) is 11.0. The van der Waals surface area contributed by atoms with E-state index in [-0.39, 0.29) is 5.92 Å². The fraction of sp³-hybridized carbons (Fsp3) is 0.571. The molecule has 0 unspecified atom stereocenters. The van der Waals surface area contributed by atoms with E-state index >= 15 is 0 Å². The zero-order chi connectivity index (χ0) is 13.0. The van der Waals surface area contributed by atoms with E-state index in [4.69, 9.17) is 10.00 Å². The molecule has 0 spiro atoms. The number of aryl methyl sites for hydroxylation is 1. The molecule has 1 aliphatic rings. The van der Waals surface area contributed by atoms with Crippen molar-refractivity contribution in [3.05, 3.63) is 23.5 Å². The normalized spacial score (nSPS) is 17.4. The predicted molar refractivity (Wildman–Crippen MR) is 69.1 cm³/mol. The molecule has 18 heavy (non-hydrogen) atoms. The average Bonchev–Trinajstić information content (AvgIpc) is 2.39. The lowest BCUT2D eigenvalue weighted by Crippen LogP contribution is -2.33. The van der Waals surface area contributed by atoms with Crippen LogP contribution in [0.3, 0.4) is 0 Å². The molecule has 0 bridgehead atoms. The summed E-state index contributed by atoms with van der Waals surface area (Å²) < 4.78 is 5.26. The number of aromatic nitrogens is 1. The molecule has 1 saturated heterocycles. The van der Waals surface area contributed by atoms with Crippen molar-refractivity contribution in [3.8, 4) is 11.8 Å². The van der Waals surface area contributed by atoms with Crippen LogP contribution in [0.25, 0.3) is 0 Å². The molecular weight excluding hydrogens is 226 g/mol. The fourth-order valence-electron chi connectivity index (χ4n) is 2.35. The summed E-state index contributed by atoms with van der Waals surface area (Å²) in [5, 5.41) is 8.87. The third kappa shape index (κ3) is 3.21. The minimum Gasteiger partial charge on any atom is -0.497 e. The number of likely N-dealkylation sites (tertiary alicyclic amines) is 1. The number of nitriles is 1. The number of pyridine rings is 1. The van der Waals surface area contributed by atoms with Gasteiger partial charge in [0.25, 0.3) is 0 Å². The molecule has 0 atom stereocenters. The van der Waals surface area contributed by atoms with Crippen LogP contribution in [0.4, 0.5) is 0 Å². The van der Waals surface area contributed by atoms with Gasteiger partial charge >= 0.3 is 0 Å². The molecule has 0 amide bonds. The molecule has 4 nitrogen and oxygen atoms in total. The molecule has 0 saturated carbocycles. The van der Waals surface area contributed by atoms with Gasteiger partial charge in [0.1, 0.15) is 5.75 Å². The van der Waals surface area contributed by atoms with Crippen LogP contribution in [-0.4, -0.2) is 30.1 Å². The number of methoxy groups -OCH3 is 1. The lowest BCUT2D eigenvalue weighted by atomic mass is 9.98. The van der Waals surface area contributed by atoms with E-state index in [1.165, 1.54) is 0 Å². The summed E-state index contributed by atoms with van der Waals surface area (Å²) in [6.07, 6.45) is 1.94. The summed E-state index contributed by atoms with van der Waals surface area (Å²) >= 11 is 0. The van der Waals surface area contributed by atoms with Crippen molar-refractivity contribution < 1.29 is 4.74 Å². The maximum absolute atomic E-state index is 8.87. The lowest BCUT2D eigenvalue weighted by Gasteiger charge is -2.28. The topological polar surface area (TPSA) is 49.1 Å². The minimum absolute atomic E-state index is 0.237. The van der Waals surface area contributed by atoms with E-state index in [9.17, 15) is 0 Å². The molecule has 0 radical (unpaired) electrons. The van der Waals surface area contributed by atoms with Crippen LogP contribution in [-0.2, 0) is 6.54 Å². The van der Waals surface area contributed by atoms with Crippen molar-refractivity contribution in [2.45, 2.75) is 26.3 Å². The molecule has 1 aromatic rings. The largest absolute Gasteiger partial charge is 0.497 e. The summed E-state index contributed by atoms with van der Waals surface area (Å²) in [6.45, 7) is 4.79. The van der Waals surface area contributed by atoms with Crippen LogP contribution < -0.4 is 4.74 Å². The highest BCUT2D eigenvalue weighted by atomic mass is 16.5. The molecule has 0 aliphatic carbocycles. The Balaban J connectivity index is 1.98. The number of rotatable bonds is 3. The van der Waals surface area contributed by atoms with E-state index in [0.717, 1.165) is 49.6 Å². The summed E-state index contributed by atoms with van der Waals surface area (Å²) in [5.41, 5.74) is 2.03. The number of ether oxygens (including phenoxy) is 1. The molecule has 4 heteroatoms. The van der Waals surface area contributed by atoms with Crippen molar-refractivity contribution >= 4 is 0 Å². The van der Waals surface area contributed by atoms with Gasteiger partial charge in [-0.25, -0.2) is 0 Å². The van der Waals surface area contributed by atoms with Gasteiger partial charge < -0.3 is 4.74 Å². The first-order valence-electron chi connectivity index (χ1n) is 6.35. The zero-order valence-electron chi connectivity index (χ0n) is 11.0. The first-order valence-corrected chi connectivity index (χ1v) is 6.35. The van der Waals surface area contributed by atoms with Crippen molar-refractivity contribution in [2.24, 2.45) is 5.92 Å². The first kappa shape index (κ1) is 12.8. The third-order valence-corrected chi connectivity index (χ3v) is 3.37. The number of piperidine rings is 1. The van der Waals surface area contributed by atoms with E-state index in [2.05, 4.69) is 16.0 Å². The van der Waals surface area contributed by atoms with Crippen LogP contribution in [0.15, 0.2) is 12.1 Å². The number of hydrogen-bond acceptors (Lipinski definition) is 4. The Hall–Kier alpha value is -1.60. The number of nitrogens with zero attached hydrogens (tertiary/aromatic N) is 3. The molecule has 2 heterocycles. The van der Waals surface area contributed by atoms with Gasteiger partial charge in [-0.1, -0.05) is 0 Å². The van der Waals surface area contributed by atoms with Crippen LogP contribution >= 0.6 is 0 Å². The molecular formula is C14H19N3O. The van der Waals surface area contributed by atoms with Gasteiger partial charge in [0.15, 0.2) is 0 Å². The minimum atomic E-state index is 0.237. The third-order valence-electron chi connectivity index (χ3n) is 3.37. The van der Waals surface area contributed by atoms with Gasteiger partial charge in [0.2, 0.25) is 0 Å². The van der Waals surface area contributed by atoms with Crippen LogP contribution in [0.5, 0.6) is 5.75 Å². The predicted octanol–water partition coefficient (Wildman–Crippen LogP) is 2.13. The Morgan fingerprint density at radius 3 is 2.78 bits per heavy atom. The Morgan fingerprint density at radius 1 is 1.44 bits per heavy atom. The quantitative estimate of drug-likeness (QED) is 0.818. The second kappa shape index (κ2) is 5.83. The molecule has 0 aromatic carbocycles. The van der Waals surface area contributed by atoms with E-state index < -0.39 is 0 Å². The van der Waals surface area contributed by atoms with Gasteiger partial charge in [-0.05, 0) is 32.9 Å². The highest BCUT2D eigenvalue weighted by Crippen LogP contribution is 2.19. The Kier molecular flexibility index (Phi) is 4.16. The maximum Gasteiger partial charge on any atom is 0.122 e. The van der Waals surface area contributed by atoms with E-state index in [1.807, 2.05) is 19.1 Å².